The maximum absolute atomic E-state index is 11.7. The summed E-state index contributed by atoms with van der Waals surface area (Å²) in [5.41, 5.74) is 5.15. The van der Waals surface area contributed by atoms with E-state index in [2.05, 4.69) is 4.74 Å². The molecule has 3 nitrogen and oxygen atoms in total. The predicted octanol–water partition coefficient (Wildman–Crippen LogP) is 0.734. The molecule has 0 bridgehead atoms. The van der Waals surface area contributed by atoms with Gasteiger partial charge in [-0.3, -0.25) is 0 Å². The highest BCUT2D eigenvalue weighted by Gasteiger charge is 2.29. The Kier molecular flexibility index (Phi) is 3.37. The van der Waals surface area contributed by atoms with Crippen molar-refractivity contribution in [2.24, 2.45) is 5.73 Å². The van der Waals surface area contributed by atoms with Gasteiger partial charge in [-0.05, 0) is 12.8 Å². The van der Waals surface area contributed by atoms with Gasteiger partial charge in [-0.25, -0.2) is 0 Å². The molecule has 0 aliphatic carbocycles. The first-order valence-electron chi connectivity index (χ1n) is 3.89. The van der Waals surface area contributed by atoms with E-state index in [0.717, 1.165) is 0 Å². The molecule has 0 saturated carbocycles. The van der Waals surface area contributed by atoms with Crippen molar-refractivity contribution >= 4 is 0 Å². The minimum atomic E-state index is -2.73. The van der Waals surface area contributed by atoms with Gasteiger partial charge in [-0.2, -0.15) is 8.78 Å². The number of alkyl halides is 2. The molecule has 0 radical (unpaired) electrons. The smallest absolute Gasteiger partial charge is 0.345 e. The Labute approximate surface area is 69.8 Å². The third-order valence-electron chi connectivity index (χ3n) is 1.99. The summed E-state index contributed by atoms with van der Waals surface area (Å²) in [4.78, 5) is 0. The number of rotatable bonds is 3. The zero-order valence-corrected chi connectivity index (χ0v) is 6.76. The second-order valence-electron chi connectivity index (χ2n) is 3.05. The van der Waals surface area contributed by atoms with Crippen molar-refractivity contribution in [2.75, 3.05) is 19.8 Å². The quantitative estimate of drug-likeness (QED) is 0.698. The average molecular weight is 181 g/mol. The van der Waals surface area contributed by atoms with Crippen LogP contribution in [-0.2, 0) is 9.47 Å². The highest BCUT2D eigenvalue weighted by atomic mass is 19.3. The zero-order chi connectivity index (χ0) is 9.03. The summed E-state index contributed by atoms with van der Waals surface area (Å²) in [5, 5.41) is 0. The van der Waals surface area contributed by atoms with Crippen LogP contribution in [0.1, 0.15) is 12.8 Å². The highest BCUT2D eigenvalue weighted by Crippen LogP contribution is 2.18. The van der Waals surface area contributed by atoms with Crippen molar-refractivity contribution in [1.29, 1.82) is 0 Å². The Morgan fingerprint density at radius 1 is 1.42 bits per heavy atom. The van der Waals surface area contributed by atoms with E-state index in [1.54, 1.807) is 0 Å². The maximum atomic E-state index is 11.7. The van der Waals surface area contributed by atoms with Crippen molar-refractivity contribution in [3.05, 3.63) is 0 Å². The molecule has 0 aromatic heterocycles. The van der Waals surface area contributed by atoms with E-state index in [9.17, 15) is 8.78 Å². The van der Waals surface area contributed by atoms with Crippen molar-refractivity contribution < 1.29 is 18.3 Å². The van der Waals surface area contributed by atoms with Gasteiger partial charge in [0.15, 0.2) is 0 Å². The van der Waals surface area contributed by atoms with Gasteiger partial charge < -0.3 is 15.2 Å². The minimum absolute atomic E-state index is 0.0893. The molecule has 1 fully saturated rings. The molecule has 1 rings (SSSR count). The van der Waals surface area contributed by atoms with Gasteiger partial charge in [0.25, 0.3) is 0 Å². The monoisotopic (exact) mass is 181 g/mol. The molecule has 12 heavy (non-hydrogen) atoms. The van der Waals surface area contributed by atoms with Crippen LogP contribution < -0.4 is 5.73 Å². The SMILES string of the molecule is NC1(COC(F)F)CCOCC1. The molecule has 5 heteroatoms. The molecule has 0 spiro atoms. The van der Waals surface area contributed by atoms with Crippen LogP contribution in [0.4, 0.5) is 8.78 Å². The molecule has 1 saturated heterocycles. The van der Waals surface area contributed by atoms with Crippen LogP contribution in [0.2, 0.25) is 0 Å². The fourth-order valence-corrected chi connectivity index (χ4v) is 1.15. The first kappa shape index (κ1) is 9.83. The van der Waals surface area contributed by atoms with Crippen LogP contribution in [-0.4, -0.2) is 32.0 Å². The molecule has 0 unspecified atom stereocenters. The lowest BCUT2D eigenvalue weighted by atomic mass is 9.93. The van der Waals surface area contributed by atoms with Crippen LogP contribution in [0.25, 0.3) is 0 Å². The second kappa shape index (κ2) is 4.11. The topological polar surface area (TPSA) is 44.5 Å². The van der Waals surface area contributed by atoms with Crippen LogP contribution in [0.5, 0.6) is 0 Å². The van der Waals surface area contributed by atoms with E-state index in [-0.39, 0.29) is 6.61 Å². The standard InChI is InChI=1S/C7H13F2NO2/c8-6(9)12-5-7(10)1-3-11-4-2-7/h6H,1-5,10H2. The zero-order valence-electron chi connectivity index (χ0n) is 6.76. The van der Waals surface area contributed by atoms with E-state index in [1.807, 2.05) is 0 Å². The molecule has 1 aliphatic rings. The van der Waals surface area contributed by atoms with Crippen LogP contribution in [0, 0.1) is 0 Å². The second-order valence-corrected chi connectivity index (χ2v) is 3.05. The summed E-state index contributed by atoms with van der Waals surface area (Å²) in [6, 6.07) is 0. The number of hydrogen-bond donors (Lipinski definition) is 1. The molecule has 72 valence electrons. The van der Waals surface area contributed by atoms with Crippen molar-refractivity contribution in [3.63, 3.8) is 0 Å². The minimum Gasteiger partial charge on any atom is -0.381 e. The fraction of sp³-hybridized carbons (Fsp3) is 1.00. The summed E-state index contributed by atoms with van der Waals surface area (Å²) in [6.45, 7) is -1.76. The highest BCUT2D eigenvalue weighted by molar-refractivity contribution is 4.85. The molecule has 2 N–H and O–H groups in total. The average Bonchev–Trinajstić information content (AvgIpc) is 2.03. The molecular weight excluding hydrogens is 168 g/mol. The largest absolute Gasteiger partial charge is 0.381 e. The normalized spacial score (nSPS) is 23.0. The Morgan fingerprint density at radius 3 is 2.50 bits per heavy atom. The molecule has 1 heterocycles. The van der Waals surface area contributed by atoms with E-state index in [0.29, 0.717) is 26.1 Å². The Balaban J connectivity index is 2.26. The number of nitrogens with two attached hydrogens (primary N) is 1. The van der Waals surface area contributed by atoms with E-state index in [1.165, 1.54) is 0 Å². The van der Waals surface area contributed by atoms with Gasteiger partial charge in [0.05, 0.1) is 6.61 Å². The van der Waals surface area contributed by atoms with Crippen molar-refractivity contribution in [3.8, 4) is 0 Å². The summed E-state index contributed by atoms with van der Waals surface area (Å²) in [7, 11) is 0. The maximum Gasteiger partial charge on any atom is 0.345 e. The number of hydrogen-bond acceptors (Lipinski definition) is 3. The first-order chi connectivity index (χ1) is 5.62. The molecule has 0 amide bonds. The molecule has 0 atom stereocenters. The van der Waals surface area contributed by atoms with Gasteiger partial charge >= 0.3 is 6.61 Å². The molecule has 1 aliphatic heterocycles. The van der Waals surface area contributed by atoms with E-state index in [4.69, 9.17) is 10.5 Å². The van der Waals surface area contributed by atoms with Crippen LogP contribution in [0.15, 0.2) is 0 Å². The Morgan fingerprint density at radius 2 is 2.00 bits per heavy atom. The predicted molar refractivity (Wildman–Crippen MR) is 38.9 cm³/mol. The lowest BCUT2D eigenvalue weighted by Crippen LogP contribution is -2.49. The molecular formula is C7H13F2NO2. The summed E-state index contributed by atoms with van der Waals surface area (Å²) < 4.78 is 32.5. The molecule has 0 aromatic rings. The fourth-order valence-electron chi connectivity index (χ4n) is 1.15. The third-order valence-corrected chi connectivity index (χ3v) is 1.99. The van der Waals surface area contributed by atoms with E-state index >= 15 is 0 Å². The van der Waals surface area contributed by atoms with Gasteiger partial charge in [-0.15, -0.1) is 0 Å². The van der Waals surface area contributed by atoms with Gasteiger partial charge in [0, 0.05) is 18.8 Å². The lowest BCUT2D eigenvalue weighted by Gasteiger charge is -2.32. The van der Waals surface area contributed by atoms with Crippen molar-refractivity contribution in [1.82, 2.24) is 0 Å². The first-order valence-corrected chi connectivity index (χ1v) is 3.89. The summed E-state index contributed by atoms with van der Waals surface area (Å²) in [5.74, 6) is 0. The van der Waals surface area contributed by atoms with E-state index < -0.39 is 12.2 Å². The van der Waals surface area contributed by atoms with Crippen LogP contribution >= 0.6 is 0 Å². The number of halogens is 2. The Bertz CT molecular complexity index is 137. The molecule has 0 aromatic carbocycles. The van der Waals surface area contributed by atoms with Gasteiger partial charge in [0.1, 0.15) is 0 Å². The van der Waals surface area contributed by atoms with Crippen LogP contribution in [0.3, 0.4) is 0 Å². The number of ether oxygens (including phenoxy) is 2. The lowest BCUT2D eigenvalue weighted by molar-refractivity contribution is -0.148. The Hall–Kier alpha value is -0.260. The third kappa shape index (κ3) is 3.00. The van der Waals surface area contributed by atoms with Gasteiger partial charge in [-0.1, -0.05) is 0 Å². The van der Waals surface area contributed by atoms with Gasteiger partial charge in [0.2, 0.25) is 0 Å². The van der Waals surface area contributed by atoms with Crippen molar-refractivity contribution in [2.45, 2.75) is 25.0 Å². The summed E-state index contributed by atoms with van der Waals surface area (Å²) in [6.07, 6.45) is 1.17. The summed E-state index contributed by atoms with van der Waals surface area (Å²) >= 11 is 0.